The molecule has 0 saturated heterocycles. The van der Waals surface area contributed by atoms with E-state index in [9.17, 15) is 9.59 Å². The molecule has 2 heterocycles. The maximum Gasteiger partial charge on any atom is 0.308 e. The Balaban J connectivity index is 1.53. The first kappa shape index (κ1) is 21.6. The number of nitrogens with one attached hydrogen (secondary N) is 1. The second kappa shape index (κ2) is 10.1. The number of benzene rings is 1. The first-order valence-electron chi connectivity index (χ1n) is 9.61. The number of pyridine rings is 2. The molecule has 0 unspecified atom stereocenters. The molecule has 0 spiro atoms. The summed E-state index contributed by atoms with van der Waals surface area (Å²) < 4.78 is 16.3. The number of aromatic nitrogens is 2. The minimum Gasteiger partial charge on any atom is -0.493 e. The smallest absolute Gasteiger partial charge is 0.308 e. The minimum atomic E-state index is -0.407. The molecule has 0 aliphatic rings. The average molecular weight is 419 g/mol. The molecule has 1 aromatic carbocycles. The van der Waals surface area contributed by atoms with Crippen molar-refractivity contribution in [3.8, 4) is 34.6 Å². The van der Waals surface area contributed by atoms with Crippen LogP contribution >= 0.6 is 0 Å². The number of carbonyl (C=O) groups excluding carboxylic acids is 1. The van der Waals surface area contributed by atoms with Gasteiger partial charge in [-0.05, 0) is 48.9 Å². The zero-order chi connectivity index (χ0) is 22.2. The minimum absolute atomic E-state index is 0.0536. The average Bonchev–Trinajstić information content (AvgIpc) is 2.74. The topological polar surface area (TPSA) is 114 Å². The number of nitriles is 1. The van der Waals surface area contributed by atoms with Gasteiger partial charge in [-0.25, -0.2) is 4.98 Å². The maximum atomic E-state index is 11.7. The highest BCUT2D eigenvalue weighted by Crippen LogP contribution is 2.24. The number of aromatic amines is 1. The molecule has 0 saturated carbocycles. The summed E-state index contributed by atoms with van der Waals surface area (Å²) in [5.74, 6) is 1.20. The van der Waals surface area contributed by atoms with E-state index in [-0.39, 0.29) is 11.5 Å². The Morgan fingerprint density at radius 1 is 1.10 bits per heavy atom. The normalized spacial score (nSPS) is 10.2. The molecular formula is C23H21N3O5. The van der Waals surface area contributed by atoms with Crippen molar-refractivity contribution in [1.82, 2.24) is 9.97 Å². The molecule has 0 atom stereocenters. The number of nitrogens with zero attached hydrogens (tertiary/aromatic N) is 2. The Labute approximate surface area is 179 Å². The van der Waals surface area contributed by atoms with Crippen molar-refractivity contribution in [1.29, 1.82) is 5.26 Å². The molecule has 8 heteroatoms. The summed E-state index contributed by atoms with van der Waals surface area (Å²) in [5.41, 5.74) is 1.84. The standard InChI is InChI=1S/C23H21N3O5/c1-15-21(12-18(14-24)23(28)26-15)17-8-9-25-22(13-17)30-11-3-10-29-19-4-6-20(7-5-19)31-16(2)27/h4-9,12-13H,3,10-11H2,1-2H3,(H,26,28). The summed E-state index contributed by atoms with van der Waals surface area (Å²) in [5, 5.41) is 9.09. The third-order valence-electron chi connectivity index (χ3n) is 4.30. The number of H-pyrrole nitrogens is 1. The van der Waals surface area contributed by atoms with E-state index < -0.39 is 5.56 Å². The Bertz CT molecular complexity index is 1160. The largest absolute Gasteiger partial charge is 0.493 e. The van der Waals surface area contributed by atoms with Crippen LogP contribution in [-0.2, 0) is 4.79 Å². The van der Waals surface area contributed by atoms with Crippen LogP contribution < -0.4 is 19.8 Å². The van der Waals surface area contributed by atoms with Crippen molar-refractivity contribution in [2.45, 2.75) is 20.3 Å². The molecule has 1 N–H and O–H groups in total. The summed E-state index contributed by atoms with van der Waals surface area (Å²) in [6.07, 6.45) is 2.25. The monoisotopic (exact) mass is 419 g/mol. The maximum absolute atomic E-state index is 11.7. The van der Waals surface area contributed by atoms with Crippen LogP contribution in [0.1, 0.15) is 24.6 Å². The molecule has 0 amide bonds. The summed E-state index contributed by atoms with van der Waals surface area (Å²) in [6.45, 7) is 3.96. The molecule has 8 nitrogen and oxygen atoms in total. The lowest BCUT2D eigenvalue weighted by Gasteiger charge is -2.10. The Kier molecular flexibility index (Phi) is 7.01. The Morgan fingerprint density at radius 3 is 2.52 bits per heavy atom. The fourth-order valence-electron chi connectivity index (χ4n) is 2.86. The van der Waals surface area contributed by atoms with E-state index in [2.05, 4.69) is 9.97 Å². The number of rotatable bonds is 8. The van der Waals surface area contributed by atoms with Crippen molar-refractivity contribution >= 4 is 5.97 Å². The van der Waals surface area contributed by atoms with Crippen LogP contribution in [0.15, 0.2) is 53.5 Å². The van der Waals surface area contributed by atoms with Gasteiger partial charge in [0, 0.05) is 36.9 Å². The molecule has 0 fully saturated rings. The van der Waals surface area contributed by atoms with Crippen molar-refractivity contribution in [2.24, 2.45) is 0 Å². The molecule has 2 aromatic heterocycles. The van der Waals surface area contributed by atoms with Gasteiger partial charge in [-0.1, -0.05) is 0 Å². The zero-order valence-corrected chi connectivity index (χ0v) is 17.2. The summed E-state index contributed by atoms with van der Waals surface area (Å²) in [7, 11) is 0. The van der Waals surface area contributed by atoms with Crippen LogP contribution in [0.5, 0.6) is 17.4 Å². The van der Waals surface area contributed by atoms with Gasteiger partial charge in [-0.3, -0.25) is 9.59 Å². The van der Waals surface area contributed by atoms with Gasteiger partial charge in [-0.15, -0.1) is 0 Å². The van der Waals surface area contributed by atoms with Gasteiger partial charge >= 0.3 is 5.97 Å². The molecular weight excluding hydrogens is 398 g/mol. The molecule has 158 valence electrons. The predicted molar refractivity (Wildman–Crippen MR) is 113 cm³/mol. The third-order valence-corrected chi connectivity index (χ3v) is 4.30. The van der Waals surface area contributed by atoms with Crippen LogP contribution in [-0.4, -0.2) is 29.2 Å². The fourth-order valence-corrected chi connectivity index (χ4v) is 2.86. The van der Waals surface area contributed by atoms with Gasteiger partial charge < -0.3 is 19.2 Å². The van der Waals surface area contributed by atoms with Crippen LogP contribution in [0.2, 0.25) is 0 Å². The Hall–Kier alpha value is -4.12. The molecule has 0 radical (unpaired) electrons. The lowest BCUT2D eigenvalue weighted by Crippen LogP contribution is -2.12. The van der Waals surface area contributed by atoms with E-state index in [0.29, 0.717) is 42.7 Å². The van der Waals surface area contributed by atoms with E-state index in [1.54, 1.807) is 55.6 Å². The number of ether oxygens (including phenoxy) is 3. The predicted octanol–water partition coefficient (Wildman–Crippen LogP) is 3.39. The molecule has 3 rings (SSSR count). The molecule has 31 heavy (non-hydrogen) atoms. The summed E-state index contributed by atoms with van der Waals surface area (Å²) >= 11 is 0. The number of esters is 1. The highest BCUT2D eigenvalue weighted by atomic mass is 16.5. The van der Waals surface area contributed by atoms with Crippen molar-refractivity contribution in [3.05, 3.63) is 70.3 Å². The Morgan fingerprint density at radius 2 is 1.81 bits per heavy atom. The summed E-state index contributed by atoms with van der Waals surface area (Å²) in [6, 6.07) is 13.8. The highest BCUT2D eigenvalue weighted by Gasteiger charge is 2.09. The quantitative estimate of drug-likeness (QED) is 0.338. The fraction of sp³-hybridized carbons (Fsp3) is 0.217. The van der Waals surface area contributed by atoms with Crippen molar-refractivity contribution in [2.75, 3.05) is 13.2 Å². The first-order chi connectivity index (χ1) is 15.0. The van der Waals surface area contributed by atoms with E-state index in [1.807, 2.05) is 6.07 Å². The van der Waals surface area contributed by atoms with Crippen LogP contribution in [0.25, 0.3) is 11.1 Å². The number of carbonyl (C=O) groups is 1. The molecule has 3 aromatic rings. The van der Waals surface area contributed by atoms with E-state index in [4.69, 9.17) is 19.5 Å². The SMILES string of the molecule is CC(=O)Oc1ccc(OCCCOc2cc(-c3cc(C#N)c(=O)[nH]c3C)ccn2)cc1. The van der Waals surface area contributed by atoms with E-state index >= 15 is 0 Å². The van der Waals surface area contributed by atoms with Crippen molar-refractivity contribution in [3.63, 3.8) is 0 Å². The lowest BCUT2D eigenvalue weighted by atomic mass is 10.0. The van der Waals surface area contributed by atoms with E-state index in [0.717, 1.165) is 11.1 Å². The van der Waals surface area contributed by atoms with Crippen LogP contribution in [0.3, 0.4) is 0 Å². The second-order valence-electron chi connectivity index (χ2n) is 6.66. The van der Waals surface area contributed by atoms with Gasteiger partial charge in [0.25, 0.3) is 5.56 Å². The lowest BCUT2D eigenvalue weighted by molar-refractivity contribution is -0.131. The van der Waals surface area contributed by atoms with E-state index in [1.165, 1.54) is 6.92 Å². The second-order valence-corrected chi connectivity index (χ2v) is 6.66. The molecule has 0 bridgehead atoms. The molecule has 0 aliphatic heterocycles. The van der Waals surface area contributed by atoms with Gasteiger partial charge in [0.2, 0.25) is 5.88 Å². The first-order valence-corrected chi connectivity index (χ1v) is 9.61. The number of hydrogen-bond donors (Lipinski definition) is 1. The number of hydrogen-bond acceptors (Lipinski definition) is 7. The number of aryl methyl sites for hydroxylation is 1. The highest BCUT2D eigenvalue weighted by molar-refractivity contribution is 5.69. The van der Waals surface area contributed by atoms with Crippen molar-refractivity contribution < 1.29 is 19.0 Å². The van der Waals surface area contributed by atoms with Gasteiger partial charge in [0.15, 0.2) is 0 Å². The molecule has 0 aliphatic carbocycles. The van der Waals surface area contributed by atoms with Gasteiger partial charge in [0.1, 0.15) is 23.1 Å². The van der Waals surface area contributed by atoms with Gasteiger partial charge in [0.05, 0.1) is 13.2 Å². The van der Waals surface area contributed by atoms with Gasteiger partial charge in [-0.2, -0.15) is 5.26 Å². The zero-order valence-electron chi connectivity index (χ0n) is 17.2. The van der Waals surface area contributed by atoms with Crippen LogP contribution in [0, 0.1) is 18.3 Å². The third kappa shape index (κ3) is 5.93. The summed E-state index contributed by atoms with van der Waals surface area (Å²) in [4.78, 5) is 29.5. The van der Waals surface area contributed by atoms with Crippen LogP contribution in [0.4, 0.5) is 0 Å².